The van der Waals surface area contributed by atoms with Crippen LogP contribution in [0.1, 0.15) is 11.1 Å². The summed E-state index contributed by atoms with van der Waals surface area (Å²) in [4.78, 5) is 0. The smallest absolute Gasteiger partial charge is 0.0434 e. The zero-order chi connectivity index (χ0) is 19.5. The fraction of sp³-hybridized carbons (Fsp3) is 0.0714. The zero-order valence-corrected chi connectivity index (χ0v) is 17.3. The highest BCUT2D eigenvalue weighted by Crippen LogP contribution is 2.47. The van der Waals surface area contributed by atoms with Gasteiger partial charge >= 0.3 is 0 Å². The Balaban J connectivity index is 1.89. The average molecular weight is 389 g/mol. The molecular formula is C28H20S. The highest BCUT2D eigenvalue weighted by Gasteiger charge is 2.18. The van der Waals surface area contributed by atoms with E-state index in [0.29, 0.717) is 0 Å². The molecule has 0 aliphatic rings. The summed E-state index contributed by atoms with van der Waals surface area (Å²) in [5.74, 6) is 0. The predicted molar refractivity (Wildman–Crippen MR) is 129 cm³/mol. The molecule has 0 bridgehead atoms. The summed E-state index contributed by atoms with van der Waals surface area (Å²) in [6.07, 6.45) is 0. The van der Waals surface area contributed by atoms with Crippen LogP contribution in [0.3, 0.4) is 0 Å². The minimum atomic E-state index is 1.31. The van der Waals surface area contributed by atoms with Crippen molar-refractivity contribution in [1.82, 2.24) is 0 Å². The van der Waals surface area contributed by atoms with Gasteiger partial charge in [0.1, 0.15) is 0 Å². The number of benzene rings is 5. The third-order valence-electron chi connectivity index (χ3n) is 6.18. The molecule has 1 heteroatoms. The minimum absolute atomic E-state index is 1.31. The summed E-state index contributed by atoms with van der Waals surface area (Å²) in [5.41, 5.74) is 5.43. The number of thiophene rings is 1. The van der Waals surface area contributed by atoms with E-state index in [-0.39, 0.29) is 0 Å². The summed E-state index contributed by atoms with van der Waals surface area (Å²) in [6.45, 7) is 4.51. The molecule has 0 fully saturated rings. The van der Waals surface area contributed by atoms with E-state index in [1.165, 1.54) is 64.0 Å². The van der Waals surface area contributed by atoms with Crippen LogP contribution in [0.5, 0.6) is 0 Å². The molecule has 6 aromatic rings. The van der Waals surface area contributed by atoms with Crippen molar-refractivity contribution in [2.45, 2.75) is 13.8 Å². The van der Waals surface area contributed by atoms with E-state index >= 15 is 0 Å². The van der Waals surface area contributed by atoms with Gasteiger partial charge in [0.05, 0.1) is 0 Å². The molecule has 0 saturated carbocycles. The van der Waals surface area contributed by atoms with Gasteiger partial charge in [0, 0.05) is 20.2 Å². The van der Waals surface area contributed by atoms with Gasteiger partial charge in [0.15, 0.2) is 0 Å². The fourth-order valence-corrected chi connectivity index (χ4v) is 6.15. The molecule has 0 atom stereocenters. The Labute approximate surface area is 174 Å². The summed E-state index contributed by atoms with van der Waals surface area (Å²) >= 11 is 1.95. The Bertz CT molecular complexity index is 1570. The van der Waals surface area contributed by atoms with Gasteiger partial charge in [-0.2, -0.15) is 0 Å². The second-order valence-electron chi connectivity index (χ2n) is 7.83. The monoisotopic (exact) mass is 388 g/mol. The summed E-state index contributed by atoms with van der Waals surface area (Å²) in [5, 5.41) is 8.15. The van der Waals surface area contributed by atoms with E-state index in [1.807, 2.05) is 11.3 Å². The number of aryl methyl sites for hydroxylation is 2. The van der Waals surface area contributed by atoms with Crippen LogP contribution < -0.4 is 0 Å². The van der Waals surface area contributed by atoms with Crippen molar-refractivity contribution in [3.8, 4) is 11.1 Å². The van der Waals surface area contributed by atoms with Crippen molar-refractivity contribution in [3.63, 3.8) is 0 Å². The van der Waals surface area contributed by atoms with Crippen LogP contribution >= 0.6 is 11.3 Å². The molecule has 138 valence electrons. The van der Waals surface area contributed by atoms with Gasteiger partial charge < -0.3 is 0 Å². The number of rotatable bonds is 1. The van der Waals surface area contributed by atoms with Crippen LogP contribution in [-0.4, -0.2) is 0 Å². The second kappa shape index (κ2) is 6.17. The van der Waals surface area contributed by atoms with Crippen LogP contribution in [0.15, 0.2) is 84.9 Å². The van der Waals surface area contributed by atoms with Gasteiger partial charge in [-0.05, 0) is 57.6 Å². The van der Waals surface area contributed by atoms with E-state index in [9.17, 15) is 0 Å². The lowest BCUT2D eigenvalue weighted by Gasteiger charge is -2.15. The normalized spacial score (nSPS) is 11.8. The van der Waals surface area contributed by atoms with E-state index in [4.69, 9.17) is 0 Å². The molecule has 1 aromatic heterocycles. The average Bonchev–Trinajstić information content (AvgIpc) is 3.16. The maximum atomic E-state index is 2.32. The van der Waals surface area contributed by atoms with Crippen LogP contribution in [-0.2, 0) is 0 Å². The Hall–Kier alpha value is -3.16. The standard InChI is InChI=1S/C28H20S/c1-17-9-3-5-11-20(17)25-18(2)27-26(23-14-8-7-13-22(23)25)24-16-15-19-10-4-6-12-21(19)28(24)29-27/h3-16H,1-2H3. The summed E-state index contributed by atoms with van der Waals surface area (Å²) < 4.78 is 2.81. The molecule has 0 saturated heterocycles. The van der Waals surface area contributed by atoms with Gasteiger partial charge in [-0.25, -0.2) is 0 Å². The predicted octanol–water partition coefficient (Wildman–Crippen LogP) is 8.64. The van der Waals surface area contributed by atoms with Crippen molar-refractivity contribution in [2.24, 2.45) is 0 Å². The first kappa shape index (κ1) is 16.8. The number of fused-ring (bicyclic) bond motifs is 7. The second-order valence-corrected chi connectivity index (χ2v) is 8.85. The maximum absolute atomic E-state index is 2.32. The van der Waals surface area contributed by atoms with Crippen LogP contribution in [0.2, 0.25) is 0 Å². The summed E-state index contributed by atoms with van der Waals surface area (Å²) in [6, 6.07) is 31.0. The van der Waals surface area contributed by atoms with Gasteiger partial charge in [-0.1, -0.05) is 84.9 Å². The Morgan fingerprint density at radius 1 is 0.552 bits per heavy atom. The lowest BCUT2D eigenvalue weighted by Crippen LogP contribution is -1.90. The van der Waals surface area contributed by atoms with Crippen LogP contribution in [0.25, 0.3) is 52.8 Å². The van der Waals surface area contributed by atoms with Gasteiger partial charge in [-0.15, -0.1) is 11.3 Å². The largest absolute Gasteiger partial charge is 0.134 e. The quantitative estimate of drug-likeness (QED) is 0.264. The molecule has 0 radical (unpaired) electrons. The van der Waals surface area contributed by atoms with E-state index in [2.05, 4.69) is 98.8 Å². The molecule has 0 amide bonds. The number of hydrogen-bond donors (Lipinski definition) is 0. The molecule has 0 spiro atoms. The molecule has 0 N–H and O–H groups in total. The highest BCUT2D eigenvalue weighted by molar-refractivity contribution is 7.27. The lowest BCUT2D eigenvalue weighted by molar-refractivity contribution is 1.45. The third kappa shape index (κ3) is 2.31. The van der Waals surface area contributed by atoms with E-state index in [0.717, 1.165) is 0 Å². The lowest BCUT2D eigenvalue weighted by atomic mass is 9.89. The number of hydrogen-bond acceptors (Lipinski definition) is 1. The third-order valence-corrected chi connectivity index (χ3v) is 7.53. The van der Waals surface area contributed by atoms with Crippen molar-refractivity contribution in [2.75, 3.05) is 0 Å². The van der Waals surface area contributed by atoms with E-state index < -0.39 is 0 Å². The van der Waals surface area contributed by atoms with Crippen molar-refractivity contribution in [1.29, 1.82) is 0 Å². The van der Waals surface area contributed by atoms with Crippen molar-refractivity contribution < 1.29 is 0 Å². The SMILES string of the molecule is Cc1ccccc1-c1c(C)c2sc3c4ccccc4ccc3c2c2ccccc12. The molecule has 1 heterocycles. The highest BCUT2D eigenvalue weighted by atomic mass is 32.1. The zero-order valence-electron chi connectivity index (χ0n) is 16.5. The van der Waals surface area contributed by atoms with Gasteiger partial charge in [-0.3, -0.25) is 0 Å². The summed E-state index contributed by atoms with van der Waals surface area (Å²) in [7, 11) is 0. The fourth-order valence-electron chi connectivity index (χ4n) is 4.79. The van der Waals surface area contributed by atoms with Gasteiger partial charge in [0.25, 0.3) is 0 Å². The maximum Gasteiger partial charge on any atom is 0.0434 e. The molecule has 6 rings (SSSR count). The van der Waals surface area contributed by atoms with Crippen molar-refractivity contribution >= 4 is 53.1 Å². The Morgan fingerprint density at radius 3 is 2.07 bits per heavy atom. The Morgan fingerprint density at radius 2 is 1.24 bits per heavy atom. The first-order chi connectivity index (χ1) is 14.2. The van der Waals surface area contributed by atoms with Crippen molar-refractivity contribution in [3.05, 3.63) is 96.1 Å². The molecule has 0 aliphatic carbocycles. The first-order valence-electron chi connectivity index (χ1n) is 10.1. The first-order valence-corrected chi connectivity index (χ1v) is 10.9. The van der Waals surface area contributed by atoms with Gasteiger partial charge in [0.2, 0.25) is 0 Å². The molecule has 0 nitrogen and oxygen atoms in total. The molecule has 5 aromatic carbocycles. The van der Waals surface area contributed by atoms with E-state index in [1.54, 1.807) is 0 Å². The molecular weight excluding hydrogens is 368 g/mol. The molecule has 0 aliphatic heterocycles. The topological polar surface area (TPSA) is 0 Å². The molecule has 0 unspecified atom stereocenters. The van der Waals surface area contributed by atoms with Crippen LogP contribution in [0.4, 0.5) is 0 Å². The Kier molecular flexibility index (Phi) is 3.57. The minimum Gasteiger partial charge on any atom is -0.134 e. The van der Waals surface area contributed by atoms with Crippen LogP contribution in [0, 0.1) is 13.8 Å². The molecule has 29 heavy (non-hydrogen) atoms.